The van der Waals surface area contributed by atoms with Crippen LogP contribution in [0, 0.1) is 11.3 Å². The number of nitrogens with one attached hydrogen (secondary N) is 1. The van der Waals surface area contributed by atoms with Crippen molar-refractivity contribution in [3.63, 3.8) is 0 Å². The van der Waals surface area contributed by atoms with Gasteiger partial charge in [-0.1, -0.05) is 30.3 Å². The Morgan fingerprint density at radius 1 is 1.14 bits per heavy atom. The van der Waals surface area contributed by atoms with Crippen molar-refractivity contribution in [2.75, 3.05) is 0 Å². The van der Waals surface area contributed by atoms with Crippen LogP contribution in [0.1, 0.15) is 21.7 Å². The number of benzene rings is 2. The number of nitriles is 1. The number of para-hydroxylation sites is 1. The number of carbonyl (C=O) groups excluding carboxylic acids is 1. The molecule has 0 unspecified atom stereocenters. The Morgan fingerprint density at radius 2 is 2.00 bits per heavy atom. The first-order chi connectivity index (χ1) is 10.3. The maximum absolute atomic E-state index is 12.1. The summed E-state index contributed by atoms with van der Waals surface area (Å²) in [6.07, 6.45) is 0. The van der Waals surface area contributed by atoms with E-state index in [0.717, 1.165) is 10.9 Å². The zero-order valence-corrected chi connectivity index (χ0v) is 11.2. The van der Waals surface area contributed by atoms with Crippen molar-refractivity contribution in [2.45, 2.75) is 6.54 Å². The third-order valence-electron chi connectivity index (χ3n) is 3.16. The Labute approximate surface area is 121 Å². The second-order valence-corrected chi connectivity index (χ2v) is 4.64. The van der Waals surface area contributed by atoms with Gasteiger partial charge >= 0.3 is 0 Å². The number of hydrogen-bond acceptors (Lipinski definition) is 3. The molecule has 1 aromatic heterocycles. The molecular formula is C17H12N2O2. The molecule has 0 saturated carbocycles. The molecule has 21 heavy (non-hydrogen) atoms. The standard InChI is InChI=1S/C17H12N2O2/c18-10-12-4-3-5-13(8-12)11-19-17(20)16-9-14-6-1-2-7-15(14)21-16/h1-9H,11H2,(H,19,20). The Kier molecular flexibility index (Phi) is 3.40. The minimum atomic E-state index is -0.270. The molecule has 0 aliphatic heterocycles. The molecule has 0 bridgehead atoms. The number of furan rings is 1. The van der Waals surface area contributed by atoms with Gasteiger partial charge in [0, 0.05) is 11.9 Å². The predicted octanol–water partition coefficient (Wildman–Crippen LogP) is 3.23. The highest BCUT2D eigenvalue weighted by atomic mass is 16.3. The fraction of sp³-hybridized carbons (Fsp3) is 0.0588. The van der Waals surface area contributed by atoms with Gasteiger partial charge in [-0.25, -0.2) is 0 Å². The molecule has 1 amide bonds. The Morgan fingerprint density at radius 3 is 2.81 bits per heavy atom. The lowest BCUT2D eigenvalue weighted by Crippen LogP contribution is -2.22. The van der Waals surface area contributed by atoms with Crippen LogP contribution < -0.4 is 5.32 Å². The first-order valence-corrected chi connectivity index (χ1v) is 6.52. The number of hydrogen-bond donors (Lipinski definition) is 1. The summed E-state index contributed by atoms with van der Waals surface area (Å²) in [6.45, 7) is 0.353. The van der Waals surface area contributed by atoms with E-state index in [0.29, 0.717) is 17.7 Å². The molecule has 0 aliphatic rings. The lowest BCUT2D eigenvalue weighted by atomic mass is 10.1. The zero-order valence-electron chi connectivity index (χ0n) is 11.2. The van der Waals surface area contributed by atoms with Gasteiger partial charge in [0.2, 0.25) is 0 Å². The van der Waals surface area contributed by atoms with E-state index in [9.17, 15) is 4.79 Å². The van der Waals surface area contributed by atoms with Crippen molar-refractivity contribution in [3.8, 4) is 6.07 Å². The Balaban J connectivity index is 1.72. The monoisotopic (exact) mass is 276 g/mol. The molecule has 1 N–H and O–H groups in total. The van der Waals surface area contributed by atoms with Gasteiger partial charge in [-0.3, -0.25) is 4.79 Å². The molecular weight excluding hydrogens is 264 g/mol. The summed E-state index contributed by atoms with van der Waals surface area (Å²) < 4.78 is 5.50. The van der Waals surface area contributed by atoms with Gasteiger partial charge in [0.25, 0.3) is 5.91 Å². The van der Waals surface area contributed by atoms with Crippen LogP contribution in [0.4, 0.5) is 0 Å². The fourth-order valence-corrected chi connectivity index (χ4v) is 2.11. The van der Waals surface area contributed by atoms with E-state index < -0.39 is 0 Å². The molecule has 0 radical (unpaired) electrons. The lowest BCUT2D eigenvalue weighted by molar-refractivity contribution is 0.0925. The van der Waals surface area contributed by atoms with Crippen molar-refractivity contribution in [2.24, 2.45) is 0 Å². The summed E-state index contributed by atoms with van der Waals surface area (Å²) in [5.74, 6) is 0.0150. The fourth-order valence-electron chi connectivity index (χ4n) is 2.11. The van der Waals surface area contributed by atoms with Crippen LogP contribution in [0.25, 0.3) is 11.0 Å². The van der Waals surface area contributed by atoms with Gasteiger partial charge in [-0.05, 0) is 29.8 Å². The van der Waals surface area contributed by atoms with E-state index in [1.165, 1.54) is 0 Å². The first-order valence-electron chi connectivity index (χ1n) is 6.52. The number of carbonyl (C=O) groups is 1. The van der Waals surface area contributed by atoms with E-state index in [-0.39, 0.29) is 11.7 Å². The topological polar surface area (TPSA) is 66.0 Å². The van der Waals surface area contributed by atoms with Crippen LogP contribution in [0.5, 0.6) is 0 Å². The van der Waals surface area contributed by atoms with Gasteiger partial charge in [-0.15, -0.1) is 0 Å². The Hall–Kier alpha value is -3.06. The number of amides is 1. The van der Waals surface area contributed by atoms with Crippen LogP contribution in [0.3, 0.4) is 0 Å². The van der Waals surface area contributed by atoms with Crippen molar-refractivity contribution in [1.82, 2.24) is 5.32 Å². The van der Waals surface area contributed by atoms with Crippen LogP contribution in [0.15, 0.2) is 59.0 Å². The van der Waals surface area contributed by atoms with Gasteiger partial charge < -0.3 is 9.73 Å². The van der Waals surface area contributed by atoms with Crippen molar-refractivity contribution in [3.05, 3.63) is 71.5 Å². The normalized spacial score (nSPS) is 10.2. The third kappa shape index (κ3) is 2.77. The molecule has 3 aromatic rings. The summed E-state index contributed by atoms with van der Waals surface area (Å²) in [7, 11) is 0. The van der Waals surface area contributed by atoms with Gasteiger partial charge in [-0.2, -0.15) is 5.26 Å². The molecule has 4 heteroatoms. The highest BCUT2D eigenvalue weighted by Gasteiger charge is 2.11. The summed E-state index contributed by atoms with van der Waals surface area (Å²) in [5, 5.41) is 12.5. The molecule has 0 aliphatic carbocycles. The summed E-state index contributed by atoms with van der Waals surface area (Å²) in [4.78, 5) is 12.1. The van der Waals surface area contributed by atoms with Crippen molar-refractivity contribution < 1.29 is 9.21 Å². The first kappa shape index (κ1) is 12.9. The molecule has 0 fully saturated rings. The predicted molar refractivity (Wildman–Crippen MR) is 78.5 cm³/mol. The SMILES string of the molecule is N#Cc1cccc(CNC(=O)c2cc3ccccc3o2)c1. The molecule has 1 heterocycles. The average Bonchev–Trinajstić information content (AvgIpc) is 2.97. The summed E-state index contributed by atoms with van der Waals surface area (Å²) in [5.41, 5.74) is 2.14. The van der Waals surface area contributed by atoms with E-state index in [1.807, 2.05) is 30.3 Å². The minimum absolute atomic E-state index is 0.270. The smallest absolute Gasteiger partial charge is 0.287 e. The number of rotatable bonds is 3. The van der Waals surface area contributed by atoms with Crippen molar-refractivity contribution in [1.29, 1.82) is 5.26 Å². The molecule has 102 valence electrons. The maximum atomic E-state index is 12.1. The van der Waals surface area contributed by atoms with Crippen LogP contribution >= 0.6 is 0 Å². The van der Waals surface area contributed by atoms with Gasteiger partial charge in [0.05, 0.1) is 11.6 Å². The summed E-state index contributed by atoms with van der Waals surface area (Å²) in [6, 6.07) is 18.4. The lowest BCUT2D eigenvalue weighted by Gasteiger charge is -2.03. The van der Waals surface area contributed by atoms with Crippen LogP contribution in [-0.2, 0) is 6.54 Å². The second-order valence-electron chi connectivity index (χ2n) is 4.64. The van der Waals surface area contributed by atoms with Crippen molar-refractivity contribution >= 4 is 16.9 Å². The number of nitrogens with zero attached hydrogens (tertiary/aromatic N) is 1. The maximum Gasteiger partial charge on any atom is 0.287 e. The van der Waals surface area contributed by atoms with E-state index in [1.54, 1.807) is 24.3 Å². The third-order valence-corrected chi connectivity index (χ3v) is 3.16. The zero-order chi connectivity index (χ0) is 14.7. The molecule has 0 spiro atoms. The van der Waals surface area contributed by atoms with Crippen LogP contribution in [-0.4, -0.2) is 5.91 Å². The van der Waals surface area contributed by atoms with Gasteiger partial charge in [0.15, 0.2) is 5.76 Å². The van der Waals surface area contributed by atoms with E-state index >= 15 is 0 Å². The quantitative estimate of drug-likeness (QED) is 0.798. The second kappa shape index (κ2) is 5.51. The Bertz CT molecular complexity index is 810. The highest BCUT2D eigenvalue weighted by molar-refractivity contribution is 5.96. The average molecular weight is 276 g/mol. The van der Waals surface area contributed by atoms with Gasteiger partial charge in [0.1, 0.15) is 5.58 Å². The largest absolute Gasteiger partial charge is 0.451 e. The molecule has 0 atom stereocenters. The minimum Gasteiger partial charge on any atom is -0.451 e. The molecule has 0 saturated heterocycles. The summed E-state index contributed by atoms with van der Waals surface area (Å²) >= 11 is 0. The number of fused-ring (bicyclic) bond motifs is 1. The molecule has 4 nitrogen and oxygen atoms in total. The van der Waals surface area contributed by atoms with Crippen LogP contribution in [0.2, 0.25) is 0 Å². The molecule has 3 rings (SSSR count). The molecule has 2 aromatic carbocycles. The highest BCUT2D eigenvalue weighted by Crippen LogP contribution is 2.18. The van der Waals surface area contributed by atoms with E-state index in [2.05, 4.69) is 11.4 Å². The van der Waals surface area contributed by atoms with E-state index in [4.69, 9.17) is 9.68 Å².